The van der Waals surface area contributed by atoms with Gasteiger partial charge in [0.1, 0.15) is 0 Å². The molecule has 2 heterocycles. The molecule has 0 bridgehead atoms. The van der Waals surface area contributed by atoms with Gasteiger partial charge in [0, 0.05) is 18.8 Å². The van der Waals surface area contributed by atoms with E-state index in [4.69, 9.17) is 11.6 Å². The van der Waals surface area contributed by atoms with Gasteiger partial charge in [-0.05, 0) is 37.3 Å². The molecule has 25 heavy (non-hydrogen) atoms. The van der Waals surface area contributed by atoms with Crippen molar-refractivity contribution in [2.75, 3.05) is 23.3 Å². The molecular weight excluding hydrogens is 336 g/mol. The SMILES string of the molecule is CCCc1ccccc1NC(=O)c1nc(N2CCCCC2)ncc1Cl. The Morgan fingerprint density at radius 3 is 2.76 bits per heavy atom. The number of piperidine rings is 1. The number of carbonyl (C=O) groups excluding carboxylic acids is 1. The molecule has 0 unspecified atom stereocenters. The number of benzene rings is 1. The average molecular weight is 359 g/mol. The van der Waals surface area contributed by atoms with E-state index in [1.165, 1.54) is 12.6 Å². The minimum atomic E-state index is -0.297. The van der Waals surface area contributed by atoms with Crippen LogP contribution >= 0.6 is 11.6 Å². The number of rotatable bonds is 5. The van der Waals surface area contributed by atoms with E-state index in [9.17, 15) is 4.79 Å². The molecule has 5 nitrogen and oxygen atoms in total. The van der Waals surface area contributed by atoms with Crippen molar-refractivity contribution in [2.24, 2.45) is 0 Å². The Balaban J connectivity index is 1.82. The van der Waals surface area contributed by atoms with Crippen molar-refractivity contribution in [2.45, 2.75) is 39.0 Å². The number of hydrogen-bond donors (Lipinski definition) is 1. The molecule has 2 aromatic rings. The fraction of sp³-hybridized carbons (Fsp3) is 0.421. The molecule has 1 aromatic heterocycles. The highest BCUT2D eigenvalue weighted by Gasteiger charge is 2.19. The summed E-state index contributed by atoms with van der Waals surface area (Å²) in [5, 5.41) is 3.22. The fourth-order valence-electron chi connectivity index (χ4n) is 3.07. The molecule has 1 aliphatic rings. The second-order valence-electron chi connectivity index (χ2n) is 6.28. The largest absolute Gasteiger partial charge is 0.341 e. The second-order valence-corrected chi connectivity index (χ2v) is 6.68. The van der Waals surface area contributed by atoms with Crippen LogP contribution in [0.1, 0.15) is 48.7 Å². The van der Waals surface area contributed by atoms with Crippen LogP contribution < -0.4 is 10.2 Å². The van der Waals surface area contributed by atoms with Gasteiger partial charge in [0.2, 0.25) is 5.95 Å². The van der Waals surface area contributed by atoms with E-state index < -0.39 is 0 Å². The van der Waals surface area contributed by atoms with E-state index in [-0.39, 0.29) is 16.6 Å². The van der Waals surface area contributed by atoms with Crippen molar-refractivity contribution in [1.29, 1.82) is 0 Å². The highest BCUT2D eigenvalue weighted by atomic mass is 35.5. The highest BCUT2D eigenvalue weighted by molar-refractivity contribution is 6.34. The number of halogens is 1. The Morgan fingerprint density at radius 2 is 2.00 bits per heavy atom. The predicted octanol–water partition coefficient (Wildman–Crippen LogP) is 4.33. The zero-order valence-corrected chi connectivity index (χ0v) is 15.2. The topological polar surface area (TPSA) is 58.1 Å². The number of aromatic nitrogens is 2. The summed E-state index contributed by atoms with van der Waals surface area (Å²) in [6.07, 6.45) is 6.92. The Bertz CT molecular complexity index is 744. The van der Waals surface area contributed by atoms with Gasteiger partial charge < -0.3 is 10.2 Å². The van der Waals surface area contributed by atoms with Crippen molar-refractivity contribution >= 4 is 29.1 Å². The molecule has 1 aliphatic heterocycles. The Hall–Kier alpha value is -2.14. The van der Waals surface area contributed by atoms with Crippen molar-refractivity contribution in [3.8, 4) is 0 Å². The van der Waals surface area contributed by atoms with Crippen LogP contribution in [0.2, 0.25) is 5.02 Å². The van der Waals surface area contributed by atoms with E-state index in [1.54, 1.807) is 0 Å². The maximum absolute atomic E-state index is 12.7. The van der Waals surface area contributed by atoms with E-state index in [1.807, 2.05) is 24.3 Å². The van der Waals surface area contributed by atoms with Crippen molar-refractivity contribution in [3.63, 3.8) is 0 Å². The molecule has 1 amide bonds. The minimum Gasteiger partial charge on any atom is -0.341 e. The summed E-state index contributed by atoms with van der Waals surface area (Å²) in [6.45, 7) is 3.95. The first-order chi connectivity index (χ1) is 12.2. The number of hydrogen-bond acceptors (Lipinski definition) is 4. The summed E-state index contributed by atoms with van der Waals surface area (Å²) in [5.41, 5.74) is 2.15. The quantitative estimate of drug-likeness (QED) is 0.864. The number of carbonyl (C=O) groups is 1. The van der Waals surface area contributed by atoms with Gasteiger partial charge in [0.25, 0.3) is 5.91 Å². The fourth-order valence-corrected chi connectivity index (χ4v) is 3.25. The summed E-state index contributed by atoms with van der Waals surface area (Å²) < 4.78 is 0. The summed E-state index contributed by atoms with van der Waals surface area (Å²) in [4.78, 5) is 23.6. The predicted molar refractivity (Wildman–Crippen MR) is 101 cm³/mol. The Kier molecular flexibility index (Phi) is 5.87. The lowest BCUT2D eigenvalue weighted by molar-refractivity contribution is 0.102. The van der Waals surface area contributed by atoms with Gasteiger partial charge in [-0.15, -0.1) is 0 Å². The summed E-state index contributed by atoms with van der Waals surface area (Å²) in [7, 11) is 0. The van der Waals surface area contributed by atoms with Crippen LogP contribution in [0.4, 0.5) is 11.6 Å². The molecule has 3 rings (SSSR count). The van der Waals surface area contributed by atoms with Crippen LogP contribution in [0.3, 0.4) is 0 Å². The van der Waals surface area contributed by atoms with Gasteiger partial charge in [-0.1, -0.05) is 43.1 Å². The molecule has 0 aliphatic carbocycles. The average Bonchev–Trinajstić information content (AvgIpc) is 2.64. The van der Waals surface area contributed by atoms with Gasteiger partial charge in [0.05, 0.1) is 11.2 Å². The maximum Gasteiger partial charge on any atom is 0.276 e. The van der Waals surface area contributed by atoms with Crippen molar-refractivity contribution in [1.82, 2.24) is 9.97 Å². The zero-order chi connectivity index (χ0) is 17.6. The molecule has 0 saturated carbocycles. The molecule has 1 saturated heterocycles. The number of amides is 1. The van der Waals surface area contributed by atoms with Crippen LogP contribution in [-0.4, -0.2) is 29.0 Å². The standard InChI is InChI=1S/C19H23ClN4O/c1-2-8-14-9-4-5-10-16(14)22-18(25)17-15(20)13-21-19(23-17)24-11-6-3-7-12-24/h4-5,9-10,13H,2-3,6-8,11-12H2,1H3,(H,22,25). The first-order valence-electron chi connectivity index (χ1n) is 8.85. The summed E-state index contributed by atoms with van der Waals surface area (Å²) in [6, 6.07) is 7.83. The zero-order valence-electron chi connectivity index (χ0n) is 14.5. The monoisotopic (exact) mass is 358 g/mol. The Morgan fingerprint density at radius 1 is 1.24 bits per heavy atom. The molecule has 1 aromatic carbocycles. The maximum atomic E-state index is 12.7. The number of nitrogens with zero attached hydrogens (tertiary/aromatic N) is 3. The van der Waals surface area contributed by atoms with E-state index in [2.05, 4.69) is 27.1 Å². The van der Waals surface area contributed by atoms with Crippen LogP contribution in [0.25, 0.3) is 0 Å². The third kappa shape index (κ3) is 4.28. The van der Waals surface area contributed by atoms with E-state index in [0.717, 1.165) is 50.0 Å². The summed E-state index contributed by atoms with van der Waals surface area (Å²) >= 11 is 6.19. The second kappa shape index (κ2) is 8.30. The number of aryl methyl sites for hydroxylation is 1. The van der Waals surface area contributed by atoms with Gasteiger partial charge in [-0.25, -0.2) is 9.97 Å². The molecule has 1 fully saturated rings. The molecule has 0 radical (unpaired) electrons. The van der Waals surface area contributed by atoms with Gasteiger partial charge in [0.15, 0.2) is 5.69 Å². The first-order valence-corrected chi connectivity index (χ1v) is 9.23. The highest BCUT2D eigenvalue weighted by Crippen LogP contribution is 2.22. The molecule has 132 valence electrons. The molecule has 0 atom stereocenters. The lowest BCUT2D eigenvalue weighted by atomic mass is 10.1. The lowest BCUT2D eigenvalue weighted by Crippen LogP contribution is -2.31. The van der Waals surface area contributed by atoms with Crippen molar-refractivity contribution in [3.05, 3.63) is 46.7 Å². The molecule has 0 spiro atoms. The lowest BCUT2D eigenvalue weighted by Gasteiger charge is -2.26. The van der Waals surface area contributed by atoms with Crippen LogP contribution in [0, 0.1) is 0 Å². The van der Waals surface area contributed by atoms with Crippen LogP contribution in [0.15, 0.2) is 30.5 Å². The van der Waals surface area contributed by atoms with Crippen LogP contribution in [0.5, 0.6) is 0 Å². The Labute approximate surface area is 153 Å². The molecule has 6 heteroatoms. The third-order valence-corrected chi connectivity index (χ3v) is 4.65. The van der Waals surface area contributed by atoms with Gasteiger partial charge >= 0.3 is 0 Å². The van der Waals surface area contributed by atoms with Gasteiger partial charge in [-0.2, -0.15) is 0 Å². The number of nitrogens with one attached hydrogen (secondary N) is 1. The smallest absolute Gasteiger partial charge is 0.276 e. The molecular formula is C19H23ClN4O. The van der Waals surface area contributed by atoms with E-state index in [0.29, 0.717) is 5.95 Å². The minimum absolute atomic E-state index is 0.226. The number of anilines is 2. The summed E-state index contributed by atoms with van der Waals surface area (Å²) in [5.74, 6) is 0.283. The number of para-hydroxylation sites is 1. The molecule has 1 N–H and O–H groups in total. The van der Waals surface area contributed by atoms with Gasteiger partial charge in [-0.3, -0.25) is 4.79 Å². The normalized spacial score (nSPS) is 14.4. The van der Waals surface area contributed by atoms with E-state index >= 15 is 0 Å². The van der Waals surface area contributed by atoms with Crippen molar-refractivity contribution < 1.29 is 4.79 Å². The first kappa shape index (κ1) is 17.7. The third-order valence-electron chi connectivity index (χ3n) is 4.37. The van der Waals surface area contributed by atoms with Crippen LogP contribution in [-0.2, 0) is 6.42 Å².